The lowest BCUT2D eigenvalue weighted by atomic mass is 9.88. The van der Waals surface area contributed by atoms with Gasteiger partial charge in [-0.05, 0) is 95.1 Å². The Bertz CT molecular complexity index is 3150. The molecule has 96 heavy (non-hydrogen) atoms. The van der Waals surface area contributed by atoms with Gasteiger partial charge in [-0.15, -0.1) is 0 Å². The Morgan fingerprint density at radius 1 is 0.479 bits per heavy atom. The minimum Gasteiger partial charge on any atom is -0.391 e. The molecule has 0 bridgehead atoms. The highest BCUT2D eigenvalue weighted by molar-refractivity contribution is 7.99. The molecule has 0 aliphatic carbocycles. The summed E-state index contributed by atoms with van der Waals surface area (Å²) in [7, 11) is 0. The summed E-state index contributed by atoms with van der Waals surface area (Å²) in [6.07, 6.45) is -14.4. The van der Waals surface area contributed by atoms with Crippen LogP contribution in [-0.2, 0) is 47.8 Å². The second kappa shape index (κ2) is 37.0. The minimum atomic E-state index is -2.38. The van der Waals surface area contributed by atoms with Gasteiger partial charge < -0.3 is 91.2 Å². The van der Waals surface area contributed by atoms with Crippen LogP contribution in [0.4, 0.5) is 0 Å². The van der Waals surface area contributed by atoms with Crippen LogP contribution in [0.25, 0.3) is 22.3 Å². The maximum atomic E-state index is 13.2. The van der Waals surface area contributed by atoms with E-state index >= 15 is 0 Å². The summed E-state index contributed by atoms with van der Waals surface area (Å²) in [5, 5.41) is 83.2. The smallest absolute Gasteiger partial charge is 0.385 e. The Kier molecular flexibility index (Phi) is 29.1. The number of hydrogen-bond acceptors (Lipinski definition) is 24. The number of carbonyl (C=O) groups excluding carboxylic acids is 8. The number of thioether (sulfide) groups is 2. The molecule has 2 aliphatic heterocycles. The lowest BCUT2D eigenvalue weighted by molar-refractivity contribution is -0.312. The Morgan fingerprint density at radius 2 is 0.792 bits per heavy atom. The maximum Gasteiger partial charge on any atom is 0.385 e. The fourth-order valence-corrected chi connectivity index (χ4v) is 12.2. The van der Waals surface area contributed by atoms with Gasteiger partial charge in [-0.2, -0.15) is 35.3 Å². The third kappa shape index (κ3) is 21.0. The van der Waals surface area contributed by atoms with Crippen LogP contribution in [0.1, 0.15) is 81.0 Å². The zero-order valence-corrected chi connectivity index (χ0v) is 54.4. The Morgan fingerprint density at radius 3 is 1.11 bits per heavy atom. The lowest BCUT2D eigenvalue weighted by Gasteiger charge is -2.46. The lowest BCUT2D eigenvalue weighted by Crippen LogP contribution is -2.68. The standard InChI is InChI=1S/C66H82N8O20S2/c1-39(75)73-53-49(77)35-65(63(87)93-67,91-57(53)55(81)51(79)37-71-61(85)47-19-15-43(16-20-47)41-11-5-3-6-12-41)89-29-9-31-95-33-27-69-59(83)45-23-25-46(26-24-45)60(84)70-28-34-96-32-10-30-90-66(64(88)94-68)36-50(78)54(74-40(2)76)58(92-66)56(82)52(80)38-72-62(86)48-21-17-44(18-22-48)42-13-7-4-8-14-42/h3-8,11-26,49-58,77-82H,9-10,27-38,67-68H2,1-2H3,(H,69,83)(H,70,84)(H,71,85)(H,72,86)(H,73,75)(H,74,76)/t49?,50?,51-,52+,53?,54?,55+,56-,57?,58?,65?,66?. The van der Waals surface area contributed by atoms with E-state index in [1.807, 2.05) is 60.7 Å². The summed E-state index contributed by atoms with van der Waals surface area (Å²) < 4.78 is 23.7. The fourth-order valence-electron chi connectivity index (χ4n) is 10.7. The van der Waals surface area contributed by atoms with Crippen LogP contribution in [0.15, 0.2) is 133 Å². The van der Waals surface area contributed by atoms with E-state index in [0.29, 0.717) is 47.0 Å². The molecule has 5 aromatic rings. The molecule has 2 fully saturated rings. The van der Waals surface area contributed by atoms with Crippen molar-refractivity contribution < 1.29 is 97.6 Å². The second-order valence-electron chi connectivity index (χ2n) is 22.6. The van der Waals surface area contributed by atoms with E-state index < -0.39 is 134 Å². The number of aliphatic hydroxyl groups excluding tert-OH is 6. The molecule has 12 atom stereocenters. The van der Waals surface area contributed by atoms with E-state index in [4.69, 9.17) is 30.7 Å². The van der Waals surface area contributed by atoms with E-state index in [9.17, 15) is 69.0 Å². The number of nitrogens with two attached hydrogens (primary N) is 2. The zero-order chi connectivity index (χ0) is 69.4. The summed E-state index contributed by atoms with van der Waals surface area (Å²) in [6, 6.07) is 35.8. The highest BCUT2D eigenvalue weighted by Crippen LogP contribution is 2.36. The van der Waals surface area contributed by atoms with Crippen molar-refractivity contribution in [1.82, 2.24) is 31.9 Å². The number of hydrogen-bond donors (Lipinski definition) is 14. The van der Waals surface area contributed by atoms with Crippen molar-refractivity contribution in [3.05, 3.63) is 156 Å². The van der Waals surface area contributed by atoms with Gasteiger partial charge >= 0.3 is 11.9 Å². The normalized spacial score (nSPS) is 22.0. The predicted octanol–water partition coefficient (Wildman–Crippen LogP) is 0.599. The third-order valence-electron chi connectivity index (χ3n) is 15.6. The van der Waals surface area contributed by atoms with Crippen LogP contribution >= 0.6 is 23.5 Å². The minimum absolute atomic E-state index is 0.153. The van der Waals surface area contributed by atoms with Crippen LogP contribution in [0.5, 0.6) is 0 Å². The first-order chi connectivity index (χ1) is 46.1. The number of aliphatic hydroxyl groups is 6. The number of ether oxygens (including phenoxy) is 4. The van der Waals surface area contributed by atoms with Crippen molar-refractivity contribution in [3.8, 4) is 22.3 Å². The predicted molar refractivity (Wildman–Crippen MR) is 352 cm³/mol. The quantitative estimate of drug-likeness (QED) is 0.0198. The third-order valence-corrected chi connectivity index (χ3v) is 17.8. The van der Waals surface area contributed by atoms with E-state index in [-0.39, 0.29) is 49.2 Å². The van der Waals surface area contributed by atoms with Gasteiger partial charge in [0, 0.05) is 86.6 Å². The SMILES string of the molecule is CC(=O)NC1C(O)CC(OCCCSCCNC(=O)c2ccc(C(=O)NCCSCCCOC3(C(=O)ON)CC(O)C(NC(C)=O)C([C@H](O)[C@@H](O)CNC(=O)c4ccc(-c5ccccc5)cc4)O3)cc2)(C(=O)ON)OC1[C@@H](O)[C@H](O)CNC(=O)c1ccc(-c2ccccc2)cc1. The molecule has 0 aromatic heterocycles. The molecule has 16 N–H and O–H groups in total. The molecule has 2 aliphatic rings. The van der Waals surface area contributed by atoms with Crippen molar-refractivity contribution in [2.24, 2.45) is 11.8 Å². The number of carbonyl (C=O) groups is 8. The molecule has 0 radical (unpaired) electrons. The van der Waals surface area contributed by atoms with Crippen LogP contribution in [-0.4, -0.2) is 213 Å². The topological polar surface area (TPSA) is 438 Å². The van der Waals surface area contributed by atoms with Crippen LogP contribution in [0.3, 0.4) is 0 Å². The first kappa shape index (κ1) is 75.5. The van der Waals surface area contributed by atoms with Gasteiger partial charge in [0.2, 0.25) is 11.8 Å². The molecule has 0 spiro atoms. The van der Waals surface area contributed by atoms with Crippen LogP contribution in [0.2, 0.25) is 0 Å². The van der Waals surface area contributed by atoms with E-state index in [1.54, 1.807) is 48.5 Å². The molecule has 5 aromatic carbocycles. The first-order valence-corrected chi connectivity index (χ1v) is 33.2. The van der Waals surface area contributed by atoms with Crippen molar-refractivity contribution in [2.45, 2.75) is 112 Å². The van der Waals surface area contributed by atoms with E-state index in [2.05, 4.69) is 41.6 Å². The van der Waals surface area contributed by atoms with Crippen molar-refractivity contribution in [3.63, 3.8) is 0 Å². The van der Waals surface area contributed by atoms with E-state index in [1.165, 1.54) is 47.8 Å². The van der Waals surface area contributed by atoms with Gasteiger partial charge in [0.15, 0.2) is 0 Å². The second-order valence-corrected chi connectivity index (χ2v) is 25.1. The summed E-state index contributed by atoms with van der Waals surface area (Å²) in [4.78, 5) is 112. The largest absolute Gasteiger partial charge is 0.391 e. The van der Waals surface area contributed by atoms with E-state index in [0.717, 1.165) is 36.1 Å². The molecular formula is C66H82N8O20S2. The Hall–Kier alpha value is -7.92. The monoisotopic (exact) mass is 1370 g/mol. The van der Waals surface area contributed by atoms with Crippen molar-refractivity contribution in [2.75, 3.05) is 62.4 Å². The molecule has 7 rings (SSSR count). The molecule has 6 amide bonds. The Labute approximate surface area is 562 Å². The van der Waals surface area contributed by atoms with Gasteiger partial charge in [0.1, 0.15) is 24.4 Å². The van der Waals surface area contributed by atoms with Crippen LogP contribution in [0, 0.1) is 0 Å². The van der Waals surface area contributed by atoms with Crippen LogP contribution < -0.4 is 43.7 Å². The van der Waals surface area contributed by atoms with Gasteiger partial charge in [-0.25, -0.2) is 9.59 Å². The number of benzene rings is 5. The average Bonchev–Trinajstić information content (AvgIpc) is 0.774. The van der Waals surface area contributed by atoms with Gasteiger partial charge in [-0.1, -0.05) is 84.9 Å². The molecule has 518 valence electrons. The molecule has 0 saturated carbocycles. The van der Waals surface area contributed by atoms with Crippen molar-refractivity contribution in [1.29, 1.82) is 0 Å². The van der Waals surface area contributed by atoms with Crippen molar-refractivity contribution >= 4 is 70.9 Å². The highest BCUT2D eigenvalue weighted by Gasteiger charge is 2.58. The molecule has 30 heteroatoms. The molecule has 8 unspecified atom stereocenters. The number of rotatable bonds is 34. The fraction of sp³-hybridized carbons (Fsp3) is 0.424. The summed E-state index contributed by atoms with van der Waals surface area (Å²) in [5.74, 6) is 1.93. The molecule has 2 heterocycles. The average molecular weight is 1370 g/mol. The Balaban J connectivity index is 0.787. The molecular weight excluding hydrogens is 1290 g/mol. The highest BCUT2D eigenvalue weighted by atomic mass is 32.2. The molecule has 2 saturated heterocycles. The van der Waals surface area contributed by atoms with Gasteiger partial charge in [0.05, 0.1) is 49.7 Å². The number of amides is 6. The zero-order valence-electron chi connectivity index (χ0n) is 52.7. The summed E-state index contributed by atoms with van der Waals surface area (Å²) >= 11 is 2.87. The van der Waals surface area contributed by atoms with Gasteiger partial charge in [0.25, 0.3) is 35.2 Å². The van der Waals surface area contributed by atoms with Gasteiger partial charge in [-0.3, -0.25) is 28.8 Å². The number of nitrogens with one attached hydrogen (secondary N) is 6. The summed E-state index contributed by atoms with van der Waals surface area (Å²) in [5.41, 5.74) is 4.79. The summed E-state index contributed by atoms with van der Waals surface area (Å²) in [6.45, 7) is 1.53. The maximum absolute atomic E-state index is 13.2. The molecule has 28 nitrogen and oxygen atoms in total. The first-order valence-electron chi connectivity index (χ1n) is 30.9.